The van der Waals surface area contributed by atoms with Crippen LogP contribution in [-0.4, -0.2) is 80.0 Å². The van der Waals surface area contributed by atoms with Crippen LogP contribution in [0.15, 0.2) is 77.2 Å². The highest BCUT2D eigenvalue weighted by Gasteiger charge is 2.55. The van der Waals surface area contributed by atoms with E-state index < -0.39 is 35.2 Å². The molecule has 15 nitrogen and oxygen atoms in total. The molecule has 3 atom stereocenters. The number of hydrogen-bond donors (Lipinski definition) is 2. The normalized spacial score (nSPS) is 22.2. The summed E-state index contributed by atoms with van der Waals surface area (Å²) in [7, 11) is 1.71. The Bertz CT molecular complexity index is 3280. The number of halogens is 3. The Morgan fingerprint density at radius 2 is 1.79 bits per heavy atom. The zero-order valence-electron chi connectivity index (χ0n) is 36.8. The van der Waals surface area contributed by atoms with Gasteiger partial charge in [-0.2, -0.15) is 10.2 Å². The largest absolute Gasteiger partial charge is 0.376 e. The van der Waals surface area contributed by atoms with Crippen LogP contribution < -0.4 is 11.2 Å². The molecule has 340 valence electrons. The maximum Gasteiger partial charge on any atom is 0.338 e. The van der Waals surface area contributed by atoms with Crippen LogP contribution in [0.2, 0.25) is 0 Å². The number of rotatable bonds is 8. The summed E-state index contributed by atoms with van der Waals surface area (Å²) < 4.78 is 61.8. The number of hydrogen-bond acceptors (Lipinski definition) is 9. The molecule has 3 fully saturated rings. The van der Waals surface area contributed by atoms with Gasteiger partial charge in [-0.1, -0.05) is 0 Å². The van der Waals surface area contributed by atoms with Gasteiger partial charge in [0.15, 0.2) is 5.82 Å². The minimum atomic E-state index is -1.45. The molecule has 66 heavy (non-hydrogen) atoms. The van der Waals surface area contributed by atoms with Crippen molar-refractivity contribution in [1.82, 2.24) is 43.5 Å². The number of carbonyl (C=O) groups is 1. The molecule has 18 heteroatoms. The van der Waals surface area contributed by atoms with Gasteiger partial charge in [0.2, 0.25) is 0 Å². The third kappa shape index (κ3) is 6.24. The summed E-state index contributed by atoms with van der Waals surface area (Å²) in [5.74, 6) is -1.05. The second-order valence-corrected chi connectivity index (χ2v) is 19.1. The summed E-state index contributed by atoms with van der Waals surface area (Å²) >= 11 is 0. The highest BCUT2D eigenvalue weighted by molar-refractivity contribution is 6.05. The molecule has 1 saturated heterocycles. The van der Waals surface area contributed by atoms with Crippen LogP contribution in [0, 0.1) is 17.5 Å². The van der Waals surface area contributed by atoms with Gasteiger partial charge in [-0.25, -0.2) is 38.0 Å². The summed E-state index contributed by atoms with van der Waals surface area (Å²) in [6.45, 7) is 6.70. The summed E-state index contributed by atoms with van der Waals surface area (Å²) in [6, 6.07) is 8.89. The molecule has 0 spiro atoms. The first kappa shape index (κ1) is 41.0. The number of aromatic nitrogens is 7. The lowest BCUT2D eigenvalue weighted by atomic mass is 9.84. The SMILES string of the molecule is C[C@H]1c2c(nn(-c3ccc(F)c(C4CC4)c3)c2-n2ccn(-c3ccc4c(cnn4C)c3F)c2=O)CCN1C(=O)c1cn2cc([C@H]3CCOC(C)(C)C3)cc(F)c2c1C1(C2=NC(O)ON2)CC1. The van der Waals surface area contributed by atoms with Gasteiger partial charge in [-0.15, -0.1) is 0 Å². The topological polar surface area (TPSA) is 150 Å². The molecule has 0 bridgehead atoms. The van der Waals surface area contributed by atoms with Crippen molar-refractivity contribution in [2.45, 2.75) is 101 Å². The number of nitrogens with one attached hydrogen (secondary N) is 1. The number of aliphatic hydroxyl groups excluding tert-OH is 1. The lowest BCUT2D eigenvalue weighted by Crippen LogP contribution is -2.40. The van der Waals surface area contributed by atoms with Gasteiger partial charge in [0, 0.05) is 62.5 Å². The van der Waals surface area contributed by atoms with E-state index in [9.17, 15) is 9.90 Å². The summed E-state index contributed by atoms with van der Waals surface area (Å²) in [6.07, 6.45) is 11.1. The molecule has 1 amide bonds. The third-order valence-corrected chi connectivity index (χ3v) is 14.5. The van der Waals surface area contributed by atoms with E-state index in [4.69, 9.17) is 14.7 Å². The van der Waals surface area contributed by atoms with Crippen LogP contribution in [-0.2, 0) is 28.5 Å². The van der Waals surface area contributed by atoms with Gasteiger partial charge in [-0.3, -0.25) is 18.6 Å². The van der Waals surface area contributed by atoms with Gasteiger partial charge in [-0.05, 0) is 119 Å². The average Bonchev–Trinajstić information content (AvgIpc) is 4.03. The van der Waals surface area contributed by atoms with Crippen molar-refractivity contribution in [3.05, 3.63) is 129 Å². The Morgan fingerprint density at radius 3 is 2.53 bits per heavy atom. The van der Waals surface area contributed by atoms with Gasteiger partial charge in [0.25, 0.3) is 12.3 Å². The number of benzene rings is 2. The lowest BCUT2D eigenvalue weighted by molar-refractivity contribution is -0.102. The number of imidazole rings is 1. The number of amidine groups is 1. The Labute approximate surface area is 375 Å². The van der Waals surface area contributed by atoms with Gasteiger partial charge in [0.1, 0.15) is 23.3 Å². The van der Waals surface area contributed by atoms with Crippen LogP contribution >= 0.6 is 0 Å². The summed E-state index contributed by atoms with van der Waals surface area (Å²) in [5, 5.41) is 19.8. The fraction of sp³-hybridized carbons (Fsp3) is 0.396. The number of aliphatic hydroxyl groups is 1. The first-order chi connectivity index (χ1) is 31.7. The van der Waals surface area contributed by atoms with Crippen LogP contribution in [0.3, 0.4) is 0 Å². The van der Waals surface area contributed by atoms with Crippen LogP contribution in [0.25, 0.3) is 33.6 Å². The van der Waals surface area contributed by atoms with E-state index in [1.165, 1.54) is 33.7 Å². The lowest BCUT2D eigenvalue weighted by Gasteiger charge is -2.35. The molecule has 2 aromatic carbocycles. The zero-order valence-corrected chi connectivity index (χ0v) is 36.8. The smallest absolute Gasteiger partial charge is 0.338 e. The molecule has 2 aliphatic carbocycles. The maximum absolute atomic E-state index is 16.9. The van der Waals surface area contributed by atoms with Gasteiger partial charge >= 0.3 is 5.69 Å². The number of fused-ring (bicyclic) bond motifs is 3. The number of hydroxylamine groups is 1. The molecule has 1 unspecified atom stereocenters. The standard InChI is InChI=1S/C48H47F3N10O5/c1-25-38-35(54-61(29-7-8-33(49)30(20-29)26-5-6-26)42(38)60-17-16-59(46(60)64)37-10-9-36-31(40(37)51)22-52-56(36)4)11-15-58(25)43(62)32-24-57-23-28(27-12-18-65-47(2,3)21-27)19-34(50)41(57)39(32)48(13-14-48)44-53-45(63)66-55-44/h7-10,16-17,19-20,22-27,45,63H,5-6,11-15,18,21H2,1-4H3,(H,53,55)/t25-,27-,45?/m0/s1. The molecule has 5 aromatic heterocycles. The molecule has 0 radical (unpaired) electrons. The van der Waals surface area contributed by atoms with Crippen molar-refractivity contribution >= 4 is 28.2 Å². The monoisotopic (exact) mass is 900 g/mol. The number of pyridine rings is 1. The van der Waals surface area contributed by atoms with Crippen molar-refractivity contribution in [2.75, 3.05) is 13.2 Å². The second-order valence-electron chi connectivity index (χ2n) is 19.1. The van der Waals surface area contributed by atoms with Crippen LogP contribution in [0.5, 0.6) is 0 Å². The highest BCUT2D eigenvalue weighted by Crippen LogP contribution is 2.54. The Hall–Kier alpha value is -6.50. The van der Waals surface area contributed by atoms with Crippen LogP contribution in [0.1, 0.15) is 115 Å². The van der Waals surface area contributed by atoms with E-state index in [1.807, 2.05) is 27.0 Å². The highest BCUT2D eigenvalue weighted by atomic mass is 19.1. The first-order valence-electron chi connectivity index (χ1n) is 22.5. The van der Waals surface area contributed by atoms with Crippen molar-refractivity contribution < 1.29 is 32.6 Å². The molecule has 2 N–H and O–H groups in total. The fourth-order valence-corrected chi connectivity index (χ4v) is 10.8. The molecular formula is C48H47F3N10O5. The van der Waals surface area contributed by atoms with E-state index in [-0.39, 0.29) is 57.9 Å². The summed E-state index contributed by atoms with van der Waals surface area (Å²) in [5.41, 5.74) is 5.48. The van der Waals surface area contributed by atoms with Gasteiger partial charge < -0.3 is 19.1 Å². The van der Waals surface area contributed by atoms with Gasteiger partial charge in [0.05, 0.1) is 62.3 Å². The fourth-order valence-electron chi connectivity index (χ4n) is 10.8. The Balaban J connectivity index is 0.999. The minimum Gasteiger partial charge on any atom is -0.376 e. The predicted octanol–water partition coefficient (Wildman–Crippen LogP) is 6.92. The van der Waals surface area contributed by atoms with E-state index in [0.29, 0.717) is 77.5 Å². The second kappa shape index (κ2) is 14.5. The van der Waals surface area contributed by atoms with E-state index in [1.54, 1.807) is 62.4 Å². The molecule has 3 aliphatic heterocycles. The first-order valence-corrected chi connectivity index (χ1v) is 22.5. The predicted molar refractivity (Wildman–Crippen MR) is 236 cm³/mol. The summed E-state index contributed by atoms with van der Waals surface area (Å²) in [4.78, 5) is 41.4. The van der Waals surface area contributed by atoms with Crippen molar-refractivity contribution in [3.63, 3.8) is 0 Å². The Kier molecular flexibility index (Phi) is 9.00. The minimum absolute atomic E-state index is 0.0272. The average molecular weight is 901 g/mol. The Morgan fingerprint density at radius 1 is 0.985 bits per heavy atom. The van der Waals surface area contributed by atoms with Crippen LogP contribution in [0.4, 0.5) is 13.2 Å². The van der Waals surface area contributed by atoms with E-state index in [2.05, 4.69) is 15.6 Å². The zero-order chi connectivity index (χ0) is 45.6. The number of amides is 1. The number of nitrogens with zero attached hydrogens (tertiary/aromatic N) is 9. The maximum atomic E-state index is 16.9. The molecule has 8 heterocycles. The third-order valence-electron chi connectivity index (χ3n) is 14.5. The van der Waals surface area contributed by atoms with Crippen molar-refractivity contribution in [3.8, 4) is 17.2 Å². The number of aryl methyl sites for hydroxylation is 1. The van der Waals surface area contributed by atoms with Crippen molar-refractivity contribution in [2.24, 2.45) is 12.0 Å². The number of aliphatic imine (C=N–C) groups is 1. The molecule has 12 rings (SSSR count). The number of carbonyl (C=O) groups excluding carboxylic acids is 1. The molecule has 5 aliphatic rings. The number of ether oxygens (including phenoxy) is 1. The van der Waals surface area contributed by atoms with Crippen molar-refractivity contribution in [1.29, 1.82) is 0 Å². The van der Waals surface area contributed by atoms with E-state index in [0.717, 1.165) is 24.8 Å². The molecule has 2 saturated carbocycles. The molecule has 7 aromatic rings. The molecular weight excluding hydrogens is 854 g/mol. The quantitative estimate of drug-likeness (QED) is 0.167. The van der Waals surface area contributed by atoms with E-state index >= 15 is 18.0 Å².